The van der Waals surface area contributed by atoms with Crippen molar-refractivity contribution in [1.82, 2.24) is 0 Å². The van der Waals surface area contributed by atoms with Gasteiger partial charge in [-0.25, -0.2) is 4.79 Å². The van der Waals surface area contributed by atoms with Crippen LogP contribution in [0.1, 0.15) is 15.9 Å². The van der Waals surface area contributed by atoms with Crippen molar-refractivity contribution < 1.29 is 18.3 Å². The van der Waals surface area contributed by atoms with E-state index in [9.17, 15) is 13.6 Å². The van der Waals surface area contributed by atoms with Gasteiger partial charge in [-0.05, 0) is 18.2 Å². The van der Waals surface area contributed by atoms with Gasteiger partial charge in [-0.2, -0.15) is 8.78 Å². The number of benzene rings is 2. The van der Waals surface area contributed by atoms with Crippen LogP contribution < -0.4 is 5.73 Å². The van der Waals surface area contributed by atoms with E-state index in [1.54, 1.807) is 6.07 Å². The number of ether oxygens (including phenoxy) is 1. The molecule has 3 nitrogen and oxygen atoms in total. The molecule has 0 aliphatic heterocycles. The van der Waals surface area contributed by atoms with Gasteiger partial charge in [0, 0.05) is 5.56 Å². The second-order valence-electron chi connectivity index (χ2n) is 4.38. The number of esters is 1. The summed E-state index contributed by atoms with van der Waals surface area (Å²) in [5.41, 5.74) is 5.58. The van der Waals surface area contributed by atoms with Gasteiger partial charge in [-0.3, -0.25) is 0 Å². The number of rotatable bonds is 4. The second-order valence-corrected chi connectivity index (χ2v) is 4.79. The fraction of sp³-hybridized carbons (Fsp3) is 0.133. The first-order valence-electron chi connectivity index (χ1n) is 6.05. The molecule has 0 radical (unpaired) electrons. The lowest BCUT2D eigenvalue weighted by Crippen LogP contribution is -2.23. The zero-order valence-corrected chi connectivity index (χ0v) is 11.6. The topological polar surface area (TPSA) is 52.3 Å². The minimum atomic E-state index is -3.26. The summed E-state index contributed by atoms with van der Waals surface area (Å²) in [6.45, 7) is -1.04. The smallest absolute Gasteiger partial charge is 0.338 e. The molecule has 0 saturated carbocycles. The first-order chi connectivity index (χ1) is 9.90. The third-order valence-electron chi connectivity index (χ3n) is 2.81. The fourth-order valence-corrected chi connectivity index (χ4v) is 1.79. The van der Waals surface area contributed by atoms with Crippen LogP contribution in [0.2, 0.25) is 5.02 Å². The van der Waals surface area contributed by atoms with Gasteiger partial charge >= 0.3 is 11.9 Å². The molecule has 6 heteroatoms. The summed E-state index contributed by atoms with van der Waals surface area (Å²) in [6, 6.07) is 11.2. The number of carbonyl (C=O) groups excluding carboxylic acids is 1. The highest BCUT2D eigenvalue weighted by atomic mass is 35.5. The molecule has 0 bridgehead atoms. The minimum absolute atomic E-state index is 0.0701. The first kappa shape index (κ1) is 15.3. The third-order valence-corrected chi connectivity index (χ3v) is 3.16. The Bertz CT molecular complexity index is 647. The molecule has 0 aliphatic carbocycles. The molecular formula is C15H12ClF2NO2. The standard InChI is InChI=1S/C15H12ClF2NO2/c16-12-7-6-10(8-13(12)19)14(20)21-9-15(17,18)11-4-2-1-3-5-11/h1-8H,9,19H2. The maximum atomic E-state index is 13.9. The average Bonchev–Trinajstić information content (AvgIpc) is 2.48. The summed E-state index contributed by atoms with van der Waals surface area (Å²) < 4.78 is 32.4. The first-order valence-corrected chi connectivity index (χ1v) is 6.43. The predicted molar refractivity (Wildman–Crippen MR) is 76.5 cm³/mol. The molecule has 0 unspecified atom stereocenters. The Morgan fingerprint density at radius 1 is 1.19 bits per heavy atom. The van der Waals surface area contributed by atoms with Crippen LogP contribution in [-0.4, -0.2) is 12.6 Å². The highest BCUT2D eigenvalue weighted by Gasteiger charge is 2.33. The number of hydrogen-bond donors (Lipinski definition) is 1. The van der Waals surface area contributed by atoms with Gasteiger partial charge < -0.3 is 10.5 Å². The summed E-state index contributed by atoms with van der Waals surface area (Å²) >= 11 is 5.72. The number of anilines is 1. The van der Waals surface area contributed by atoms with Crippen LogP contribution in [0, 0.1) is 0 Å². The number of alkyl halides is 2. The summed E-state index contributed by atoms with van der Waals surface area (Å²) in [6.07, 6.45) is 0. The van der Waals surface area contributed by atoms with Gasteiger partial charge in [0.1, 0.15) is 0 Å². The molecular weight excluding hydrogens is 300 g/mol. The van der Waals surface area contributed by atoms with E-state index >= 15 is 0 Å². The molecule has 2 N–H and O–H groups in total. The van der Waals surface area contributed by atoms with Crippen molar-refractivity contribution in [2.75, 3.05) is 12.3 Å². The van der Waals surface area contributed by atoms with E-state index < -0.39 is 18.5 Å². The summed E-state index contributed by atoms with van der Waals surface area (Å²) in [5, 5.41) is 0.279. The number of halogens is 3. The van der Waals surface area contributed by atoms with E-state index in [0.717, 1.165) is 0 Å². The maximum Gasteiger partial charge on any atom is 0.338 e. The predicted octanol–water partition coefficient (Wildman–Crippen LogP) is 3.87. The molecule has 0 amide bonds. The van der Waals surface area contributed by atoms with Gasteiger partial charge in [0.2, 0.25) is 0 Å². The van der Waals surface area contributed by atoms with Gasteiger partial charge in [-0.15, -0.1) is 0 Å². The van der Waals surface area contributed by atoms with E-state index in [2.05, 4.69) is 4.74 Å². The highest BCUT2D eigenvalue weighted by Crippen LogP contribution is 2.28. The Labute approximate surface area is 125 Å². The van der Waals surface area contributed by atoms with E-state index in [1.165, 1.54) is 42.5 Å². The Morgan fingerprint density at radius 2 is 1.86 bits per heavy atom. The van der Waals surface area contributed by atoms with Gasteiger partial charge in [0.15, 0.2) is 6.61 Å². The number of hydrogen-bond acceptors (Lipinski definition) is 3. The van der Waals surface area contributed by atoms with Crippen LogP contribution in [0.4, 0.5) is 14.5 Å². The van der Waals surface area contributed by atoms with Gasteiger partial charge in [0.05, 0.1) is 16.3 Å². The molecule has 2 aromatic carbocycles. The molecule has 2 rings (SSSR count). The summed E-state index contributed by atoms with van der Waals surface area (Å²) in [4.78, 5) is 11.7. The normalized spacial score (nSPS) is 11.2. The largest absolute Gasteiger partial charge is 0.455 e. The molecule has 0 aliphatic rings. The molecule has 0 aromatic heterocycles. The molecule has 0 atom stereocenters. The molecule has 0 fully saturated rings. The minimum Gasteiger partial charge on any atom is -0.455 e. The average molecular weight is 312 g/mol. The zero-order valence-electron chi connectivity index (χ0n) is 10.9. The SMILES string of the molecule is Nc1cc(C(=O)OCC(F)(F)c2ccccc2)ccc1Cl. The number of nitrogens with two attached hydrogens (primary N) is 1. The van der Waals surface area contributed by atoms with Crippen molar-refractivity contribution in [2.24, 2.45) is 0 Å². The molecule has 0 spiro atoms. The lowest BCUT2D eigenvalue weighted by Gasteiger charge is -2.16. The molecule has 0 saturated heterocycles. The maximum absolute atomic E-state index is 13.9. The second kappa shape index (κ2) is 6.10. The quantitative estimate of drug-likeness (QED) is 0.689. The monoisotopic (exact) mass is 311 g/mol. The Morgan fingerprint density at radius 3 is 2.48 bits per heavy atom. The van der Waals surface area contributed by atoms with E-state index in [0.29, 0.717) is 0 Å². The molecule has 0 heterocycles. The van der Waals surface area contributed by atoms with Crippen molar-refractivity contribution in [1.29, 1.82) is 0 Å². The highest BCUT2D eigenvalue weighted by molar-refractivity contribution is 6.33. The molecule has 110 valence electrons. The third kappa shape index (κ3) is 3.70. The van der Waals surface area contributed by atoms with Crippen LogP contribution in [0.15, 0.2) is 48.5 Å². The Hall–Kier alpha value is -2.14. The van der Waals surface area contributed by atoms with Crippen LogP contribution in [0.25, 0.3) is 0 Å². The number of carbonyl (C=O) groups is 1. The van der Waals surface area contributed by atoms with Gasteiger partial charge in [0.25, 0.3) is 0 Å². The fourth-order valence-electron chi connectivity index (χ4n) is 1.68. The van der Waals surface area contributed by atoms with Crippen LogP contribution in [0.5, 0.6) is 0 Å². The lowest BCUT2D eigenvalue weighted by atomic mass is 10.1. The van der Waals surface area contributed by atoms with Gasteiger partial charge in [-0.1, -0.05) is 41.9 Å². The zero-order chi connectivity index (χ0) is 15.5. The van der Waals surface area contributed by atoms with Crippen LogP contribution in [0.3, 0.4) is 0 Å². The number of nitrogen functional groups attached to an aromatic ring is 1. The Kier molecular flexibility index (Phi) is 4.43. The van der Waals surface area contributed by atoms with E-state index in [1.807, 2.05) is 0 Å². The van der Waals surface area contributed by atoms with Crippen molar-refractivity contribution in [2.45, 2.75) is 5.92 Å². The van der Waals surface area contributed by atoms with E-state index in [4.69, 9.17) is 17.3 Å². The van der Waals surface area contributed by atoms with E-state index in [-0.39, 0.29) is 21.8 Å². The van der Waals surface area contributed by atoms with Crippen molar-refractivity contribution in [3.63, 3.8) is 0 Å². The Balaban J connectivity index is 2.05. The lowest BCUT2D eigenvalue weighted by molar-refractivity contribution is -0.0661. The van der Waals surface area contributed by atoms with Crippen molar-refractivity contribution >= 4 is 23.3 Å². The van der Waals surface area contributed by atoms with Crippen molar-refractivity contribution in [3.05, 3.63) is 64.7 Å². The van der Waals surface area contributed by atoms with Crippen LogP contribution >= 0.6 is 11.6 Å². The molecule has 2 aromatic rings. The summed E-state index contributed by atoms with van der Waals surface area (Å²) in [5.74, 6) is -4.14. The molecule has 21 heavy (non-hydrogen) atoms. The summed E-state index contributed by atoms with van der Waals surface area (Å²) in [7, 11) is 0. The van der Waals surface area contributed by atoms with Crippen molar-refractivity contribution in [3.8, 4) is 0 Å². The van der Waals surface area contributed by atoms with Crippen LogP contribution in [-0.2, 0) is 10.7 Å².